The van der Waals surface area contributed by atoms with Gasteiger partial charge < -0.3 is 29.1 Å². The van der Waals surface area contributed by atoms with Crippen LogP contribution in [0.5, 0.6) is 0 Å². The quantitative estimate of drug-likeness (QED) is 0.0262. The number of likely N-dealkylation sites (N-methyl/N-ethyl adjacent to an activating group) is 1. The van der Waals surface area contributed by atoms with Gasteiger partial charge in [0.05, 0.1) is 30.4 Å². The number of ketones is 3. The van der Waals surface area contributed by atoms with Gasteiger partial charge in [-0.25, -0.2) is 9.59 Å². The number of hydrogen-bond acceptors (Lipinski definition) is 11. The highest BCUT2D eigenvalue weighted by Gasteiger charge is 2.29. The summed E-state index contributed by atoms with van der Waals surface area (Å²) >= 11 is 0. The number of carbonyl (C=O) groups is 6. The Hall–Kier alpha value is -9.42. The highest BCUT2D eigenvalue weighted by atomic mass is 16.5. The van der Waals surface area contributed by atoms with Crippen LogP contribution in [0.3, 0.4) is 0 Å². The summed E-state index contributed by atoms with van der Waals surface area (Å²) in [5, 5.41) is 0. The minimum atomic E-state index is -0.896. The lowest BCUT2D eigenvalue weighted by molar-refractivity contribution is -0.152. The maximum Gasteiger partial charge on any atom is 0.379 e. The Labute approximate surface area is 487 Å². The minimum Gasteiger partial charge on any atom is -0.465 e. The van der Waals surface area contributed by atoms with E-state index in [1.165, 1.54) is 12.0 Å². The lowest BCUT2D eigenvalue weighted by Crippen LogP contribution is -2.31. The van der Waals surface area contributed by atoms with E-state index in [1.807, 2.05) is 169 Å². The maximum atomic E-state index is 14.7. The standard InChI is InChI=1S/C71H70N4O8/c1-7-10-18-48(8-2)47-83-71(81)68(78)62(46-74-40-38-58-42-59(70(80)82-6)33-36-64(58)74)52-27-25-49(26-28-52)50-31-34-60(35-32-50)73(9-3)44-63(66(76)54-21-15-12-16-22-54)57-24-17-23-55(41-57)56-30-29-53-37-39-75(65(53)43-56)45-61(51-19-13-11-14-20-51)67(77)69(79)72(4)5/h11-17,19-36,41-46,48H,7-10,18,37-40,47H2,1-6H3/b61-45+,62-46+,63-44+. The molecule has 7 aromatic carbocycles. The van der Waals surface area contributed by atoms with Crippen LogP contribution in [0.1, 0.15) is 95.0 Å². The molecule has 0 fully saturated rings. The molecular weight excluding hydrogens is 1040 g/mol. The Morgan fingerprint density at radius 2 is 1.13 bits per heavy atom. The zero-order valence-electron chi connectivity index (χ0n) is 48.1. The highest BCUT2D eigenvalue weighted by Crippen LogP contribution is 2.37. The number of methoxy groups -OCH3 is 1. The Morgan fingerprint density at radius 3 is 1.77 bits per heavy atom. The summed E-state index contributed by atoms with van der Waals surface area (Å²) in [4.78, 5) is 88.8. The van der Waals surface area contributed by atoms with E-state index in [1.54, 1.807) is 32.6 Å². The third-order valence-corrected chi connectivity index (χ3v) is 15.5. The fourth-order valence-corrected chi connectivity index (χ4v) is 10.6. The van der Waals surface area contributed by atoms with Gasteiger partial charge in [-0.05, 0) is 125 Å². The third-order valence-electron chi connectivity index (χ3n) is 15.5. The molecule has 83 heavy (non-hydrogen) atoms. The van der Waals surface area contributed by atoms with E-state index in [-0.39, 0.29) is 23.9 Å². The van der Waals surface area contributed by atoms with Gasteiger partial charge in [-0.2, -0.15) is 0 Å². The number of carbonyl (C=O) groups excluding carboxylic acids is 6. The summed E-state index contributed by atoms with van der Waals surface area (Å²) < 4.78 is 10.6. The van der Waals surface area contributed by atoms with Crippen LogP contribution in [0.25, 0.3) is 39.0 Å². The van der Waals surface area contributed by atoms with Crippen LogP contribution >= 0.6 is 0 Å². The Kier molecular flexibility index (Phi) is 18.9. The molecule has 0 aromatic heterocycles. The van der Waals surface area contributed by atoms with Crippen LogP contribution in [0.15, 0.2) is 188 Å². The van der Waals surface area contributed by atoms with Crippen molar-refractivity contribution < 1.29 is 38.2 Å². The van der Waals surface area contributed by atoms with E-state index < -0.39 is 29.4 Å². The molecular formula is C71H70N4O8. The zero-order chi connectivity index (χ0) is 58.6. The third kappa shape index (κ3) is 13.5. The molecule has 0 aliphatic carbocycles. The number of allylic oxidation sites excluding steroid dienone is 1. The van der Waals surface area contributed by atoms with Crippen LogP contribution in [0, 0.1) is 5.92 Å². The Morgan fingerprint density at radius 1 is 0.554 bits per heavy atom. The smallest absolute Gasteiger partial charge is 0.379 e. The first-order chi connectivity index (χ1) is 40.3. The first kappa shape index (κ1) is 58.2. The zero-order valence-corrected chi connectivity index (χ0v) is 48.1. The van der Waals surface area contributed by atoms with Crippen molar-refractivity contribution in [1.82, 2.24) is 4.90 Å². The fourth-order valence-electron chi connectivity index (χ4n) is 10.6. The number of fused-ring (bicyclic) bond motifs is 2. The van der Waals surface area contributed by atoms with Crippen LogP contribution in [-0.2, 0) is 41.5 Å². The number of unbranched alkanes of at least 4 members (excludes halogenated alkanes) is 1. The summed E-state index contributed by atoms with van der Waals surface area (Å²) in [6.07, 6.45) is 10.6. The Balaban J connectivity index is 0.994. The van der Waals surface area contributed by atoms with Crippen molar-refractivity contribution in [2.45, 2.75) is 59.3 Å². The second-order valence-electron chi connectivity index (χ2n) is 21.1. The first-order valence-corrected chi connectivity index (χ1v) is 28.5. The largest absolute Gasteiger partial charge is 0.465 e. The summed E-state index contributed by atoms with van der Waals surface area (Å²) in [6.45, 7) is 8.14. The molecule has 7 aromatic rings. The van der Waals surface area contributed by atoms with Gasteiger partial charge in [0.1, 0.15) is 0 Å². The summed E-state index contributed by atoms with van der Waals surface area (Å²) in [7, 11) is 4.50. The summed E-state index contributed by atoms with van der Waals surface area (Å²) in [5.41, 5.74) is 12.3. The highest BCUT2D eigenvalue weighted by molar-refractivity contribution is 6.53. The van der Waals surface area contributed by atoms with Crippen LogP contribution in [0.4, 0.5) is 17.1 Å². The van der Waals surface area contributed by atoms with Crippen LogP contribution < -0.4 is 14.7 Å². The van der Waals surface area contributed by atoms with E-state index in [2.05, 4.69) is 36.9 Å². The number of ether oxygens (including phenoxy) is 2. The normalized spacial score (nSPS) is 13.4. The number of benzene rings is 7. The molecule has 0 radical (unpaired) electrons. The van der Waals surface area contributed by atoms with Crippen LogP contribution in [0.2, 0.25) is 0 Å². The maximum absolute atomic E-state index is 14.7. The SMILES string of the molecule is CCCCC(CC)COC(=O)C(=O)/C(=C/N1CCc2cc(C(=O)OC)ccc21)c1ccc(-c2ccc(N(/C=C(/C(=O)c3ccccc3)c3cccc(-c4ccc5c(c4)N(/C=C(/C(=O)C(=O)N(C)C)c4ccccc4)CC5)c3)CC)cc2)cc1. The topological polar surface area (TPSA) is 134 Å². The first-order valence-electron chi connectivity index (χ1n) is 28.5. The van der Waals surface area contributed by atoms with Gasteiger partial charge in [0.25, 0.3) is 17.5 Å². The van der Waals surface area contributed by atoms with E-state index in [4.69, 9.17) is 9.47 Å². The molecule has 0 spiro atoms. The molecule has 1 atom stereocenters. The van der Waals surface area contributed by atoms with Crippen LogP contribution in [-0.4, -0.2) is 87.5 Å². The van der Waals surface area contributed by atoms with Crippen molar-refractivity contribution in [1.29, 1.82) is 0 Å². The van der Waals surface area contributed by atoms with Crippen molar-refractivity contribution in [3.8, 4) is 22.3 Å². The lowest BCUT2D eigenvalue weighted by Gasteiger charge is -2.22. The van der Waals surface area contributed by atoms with Crippen molar-refractivity contribution in [3.05, 3.63) is 227 Å². The van der Waals surface area contributed by atoms with Crippen molar-refractivity contribution in [2.24, 2.45) is 5.92 Å². The van der Waals surface area contributed by atoms with Crippen molar-refractivity contribution >= 4 is 69.0 Å². The lowest BCUT2D eigenvalue weighted by atomic mass is 9.93. The molecule has 422 valence electrons. The molecule has 12 heteroatoms. The molecule has 0 saturated heterocycles. The van der Waals surface area contributed by atoms with Gasteiger partial charge in [-0.15, -0.1) is 0 Å². The average molecular weight is 1110 g/mol. The number of amides is 1. The van der Waals surface area contributed by atoms with Gasteiger partial charge in [0.2, 0.25) is 0 Å². The molecule has 12 nitrogen and oxygen atoms in total. The molecule has 0 N–H and O–H groups in total. The number of hydrogen-bond donors (Lipinski definition) is 0. The van der Waals surface area contributed by atoms with Gasteiger partial charge in [-0.3, -0.25) is 19.2 Å². The predicted octanol–water partition coefficient (Wildman–Crippen LogP) is 13.4. The molecule has 1 unspecified atom stereocenters. The molecule has 2 aliphatic heterocycles. The number of rotatable bonds is 23. The fraction of sp³-hybridized carbons (Fsp3) is 0.239. The molecule has 1 amide bonds. The van der Waals surface area contributed by atoms with Gasteiger partial charge in [0.15, 0.2) is 5.78 Å². The van der Waals surface area contributed by atoms with E-state index in [0.717, 1.165) is 88.1 Å². The van der Waals surface area contributed by atoms with Gasteiger partial charge in [0, 0.05) is 80.5 Å². The summed E-state index contributed by atoms with van der Waals surface area (Å²) in [5.74, 6) is -3.20. The number of Topliss-reactive ketones (excluding diaryl/α,β-unsaturated/α-hetero) is 3. The molecule has 0 saturated carbocycles. The minimum absolute atomic E-state index is 0.132. The average Bonchev–Trinajstić information content (AvgIpc) is 4.01. The molecule has 2 heterocycles. The number of anilines is 3. The molecule has 2 aliphatic rings. The van der Waals surface area contributed by atoms with Crippen molar-refractivity contribution in [3.63, 3.8) is 0 Å². The van der Waals surface area contributed by atoms with E-state index in [0.29, 0.717) is 59.5 Å². The number of nitrogens with zero attached hydrogens (tertiary/aromatic N) is 4. The predicted molar refractivity (Wildman–Crippen MR) is 331 cm³/mol. The second kappa shape index (κ2) is 26.9. The molecule has 0 bridgehead atoms. The monoisotopic (exact) mass is 1110 g/mol. The van der Waals surface area contributed by atoms with E-state index >= 15 is 0 Å². The van der Waals surface area contributed by atoms with Gasteiger partial charge >= 0.3 is 11.9 Å². The second-order valence-corrected chi connectivity index (χ2v) is 21.1. The molecule has 9 rings (SSSR count). The summed E-state index contributed by atoms with van der Waals surface area (Å²) in [6, 6.07) is 53.8. The number of esters is 2. The van der Waals surface area contributed by atoms with E-state index in [9.17, 15) is 28.8 Å². The van der Waals surface area contributed by atoms with Crippen molar-refractivity contribution in [2.75, 3.05) is 62.1 Å². The van der Waals surface area contributed by atoms with Gasteiger partial charge in [-0.1, -0.05) is 161 Å². The Bertz CT molecular complexity index is 3620.